The Balaban J connectivity index is 1.80. The summed E-state index contributed by atoms with van der Waals surface area (Å²) in [5, 5.41) is 7.33. The SMILES string of the molecule is COCCNC(=O)c1c(N)n(/N=C/c2ccc(N(C)C)cc2)c2nc3ccccc3nc12. The average Bonchev–Trinajstić information content (AvgIpc) is 3.06. The van der Waals surface area contributed by atoms with E-state index in [1.54, 1.807) is 13.3 Å². The van der Waals surface area contributed by atoms with E-state index in [1.165, 1.54) is 4.68 Å². The van der Waals surface area contributed by atoms with E-state index in [-0.39, 0.29) is 17.3 Å². The Morgan fingerprint density at radius 1 is 1.16 bits per heavy atom. The van der Waals surface area contributed by atoms with Crippen molar-refractivity contribution >= 4 is 45.8 Å². The zero-order valence-corrected chi connectivity index (χ0v) is 18.2. The molecule has 32 heavy (non-hydrogen) atoms. The molecule has 9 heteroatoms. The molecule has 0 aliphatic rings. The number of amides is 1. The molecule has 0 aliphatic heterocycles. The van der Waals surface area contributed by atoms with E-state index >= 15 is 0 Å². The quantitative estimate of drug-likeness (QED) is 0.344. The Labute approximate surface area is 185 Å². The van der Waals surface area contributed by atoms with Crippen LogP contribution in [0.15, 0.2) is 53.6 Å². The van der Waals surface area contributed by atoms with Gasteiger partial charge in [-0.05, 0) is 29.8 Å². The molecule has 0 saturated heterocycles. The van der Waals surface area contributed by atoms with E-state index in [0.717, 1.165) is 11.3 Å². The minimum Gasteiger partial charge on any atom is -0.383 e. The van der Waals surface area contributed by atoms with Crippen LogP contribution >= 0.6 is 0 Å². The summed E-state index contributed by atoms with van der Waals surface area (Å²) in [5.74, 6) is -0.176. The molecule has 0 aliphatic carbocycles. The maximum absolute atomic E-state index is 12.9. The van der Waals surface area contributed by atoms with Crippen molar-refractivity contribution in [3.8, 4) is 0 Å². The second-order valence-corrected chi connectivity index (χ2v) is 7.44. The highest BCUT2D eigenvalue weighted by Gasteiger charge is 2.23. The van der Waals surface area contributed by atoms with E-state index in [1.807, 2.05) is 67.5 Å². The molecule has 2 heterocycles. The standard InChI is InChI=1S/C23H25N7O2/c1-29(2)16-10-8-15(9-11-16)14-26-30-21(24)19(23(31)25-12-13-32-3)20-22(30)28-18-7-5-4-6-17(18)27-20/h4-11,14H,12-13,24H2,1-3H3,(H,25,31)/b26-14+. The Morgan fingerprint density at radius 2 is 1.84 bits per heavy atom. The number of nitrogen functional groups attached to an aromatic ring is 1. The first kappa shape index (κ1) is 21.3. The largest absolute Gasteiger partial charge is 0.383 e. The average molecular weight is 432 g/mol. The Bertz CT molecular complexity index is 1290. The maximum Gasteiger partial charge on any atom is 0.257 e. The van der Waals surface area contributed by atoms with Crippen molar-refractivity contribution in [1.82, 2.24) is 20.0 Å². The van der Waals surface area contributed by atoms with Crippen LogP contribution in [0.1, 0.15) is 15.9 Å². The molecule has 0 unspecified atom stereocenters. The molecule has 4 rings (SSSR count). The zero-order valence-electron chi connectivity index (χ0n) is 18.2. The molecule has 164 valence electrons. The molecular weight excluding hydrogens is 406 g/mol. The minimum atomic E-state index is -0.349. The zero-order chi connectivity index (χ0) is 22.7. The molecular formula is C23H25N7O2. The fraction of sp³-hybridized carbons (Fsp3) is 0.217. The van der Waals surface area contributed by atoms with Gasteiger partial charge in [0, 0.05) is 33.4 Å². The number of carbonyl (C=O) groups excluding carboxylic acids is 1. The van der Waals surface area contributed by atoms with Crippen LogP contribution in [0, 0.1) is 0 Å². The molecule has 2 aromatic heterocycles. The summed E-state index contributed by atoms with van der Waals surface area (Å²) in [6, 6.07) is 15.4. The normalized spacial score (nSPS) is 11.5. The minimum absolute atomic E-state index is 0.173. The number of hydrogen-bond donors (Lipinski definition) is 2. The molecule has 0 atom stereocenters. The van der Waals surface area contributed by atoms with Crippen LogP contribution in [0.25, 0.3) is 22.2 Å². The van der Waals surface area contributed by atoms with Crippen LogP contribution in [0.2, 0.25) is 0 Å². The Kier molecular flexibility index (Phi) is 6.00. The van der Waals surface area contributed by atoms with E-state index in [9.17, 15) is 4.79 Å². The number of fused-ring (bicyclic) bond motifs is 2. The highest BCUT2D eigenvalue weighted by atomic mass is 16.5. The van der Waals surface area contributed by atoms with Gasteiger partial charge in [0.25, 0.3) is 5.91 Å². The fourth-order valence-corrected chi connectivity index (χ4v) is 3.33. The van der Waals surface area contributed by atoms with Crippen molar-refractivity contribution in [2.45, 2.75) is 0 Å². The number of para-hydroxylation sites is 2. The second-order valence-electron chi connectivity index (χ2n) is 7.44. The van der Waals surface area contributed by atoms with Crippen molar-refractivity contribution in [1.29, 1.82) is 0 Å². The van der Waals surface area contributed by atoms with Gasteiger partial charge >= 0.3 is 0 Å². The molecule has 1 amide bonds. The number of aromatic nitrogens is 3. The number of ether oxygens (including phenoxy) is 1. The van der Waals surface area contributed by atoms with Gasteiger partial charge in [-0.1, -0.05) is 24.3 Å². The van der Waals surface area contributed by atoms with Gasteiger partial charge in [0.2, 0.25) is 0 Å². The molecule has 0 saturated carbocycles. The van der Waals surface area contributed by atoms with Crippen LogP contribution < -0.4 is 16.0 Å². The molecule has 3 N–H and O–H groups in total. The number of methoxy groups -OCH3 is 1. The van der Waals surface area contributed by atoms with Crippen LogP contribution in [-0.2, 0) is 4.74 Å². The summed E-state index contributed by atoms with van der Waals surface area (Å²) in [5.41, 5.74) is 10.8. The topological polar surface area (TPSA) is 111 Å². The fourth-order valence-electron chi connectivity index (χ4n) is 3.33. The van der Waals surface area contributed by atoms with Gasteiger partial charge in [0.05, 0.1) is 23.9 Å². The number of nitrogens with two attached hydrogens (primary N) is 1. The summed E-state index contributed by atoms with van der Waals surface area (Å²) >= 11 is 0. The smallest absolute Gasteiger partial charge is 0.257 e. The monoisotopic (exact) mass is 431 g/mol. The van der Waals surface area contributed by atoms with Crippen molar-refractivity contribution in [3.63, 3.8) is 0 Å². The molecule has 0 bridgehead atoms. The first-order chi connectivity index (χ1) is 15.5. The van der Waals surface area contributed by atoms with Crippen molar-refractivity contribution in [2.75, 3.05) is 45.0 Å². The summed E-state index contributed by atoms with van der Waals surface area (Å²) in [4.78, 5) is 24.3. The summed E-state index contributed by atoms with van der Waals surface area (Å²) < 4.78 is 6.47. The van der Waals surface area contributed by atoms with E-state index in [0.29, 0.717) is 35.3 Å². The number of carbonyl (C=O) groups is 1. The van der Waals surface area contributed by atoms with Crippen molar-refractivity contribution in [3.05, 3.63) is 59.7 Å². The lowest BCUT2D eigenvalue weighted by Crippen LogP contribution is -2.27. The number of nitrogens with one attached hydrogen (secondary N) is 1. The first-order valence-electron chi connectivity index (χ1n) is 10.1. The number of benzene rings is 2. The molecule has 4 aromatic rings. The predicted molar refractivity (Wildman–Crippen MR) is 127 cm³/mol. The van der Waals surface area contributed by atoms with Gasteiger partial charge in [-0.15, -0.1) is 0 Å². The Hall–Kier alpha value is -3.98. The molecule has 9 nitrogen and oxygen atoms in total. The van der Waals surface area contributed by atoms with Gasteiger partial charge in [-0.3, -0.25) is 4.79 Å². The Morgan fingerprint density at radius 3 is 2.50 bits per heavy atom. The maximum atomic E-state index is 12.9. The third-order valence-corrected chi connectivity index (χ3v) is 5.02. The van der Waals surface area contributed by atoms with Gasteiger partial charge < -0.3 is 20.7 Å². The lowest BCUT2D eigenvalue weighted by Gasteiger charge is -2.11. The number of hydrogen-bond acceptors (Lipinski definition) is 7. The summed E-state index contributed by atoms with van der Waals surface area (Å²) in [7, 11) is 5.54. The lowest BCUT2D eigenvalue weighted by atomic mass is 10.2. The van der Waals surface area contributed by atoms with Crippen molar-refractivity contribution in [2.24, 2.45) is 5.10 Å². The van der Waals surface area contributed by atoms with E-state index < -0.39 is 0 Å². The third-order valence-electron chi connectivity index (χ3n) is 5.02. The van der Waals surface area contributed by atoms with Crippen LogP contribution in [0.3, 0.4) is 0 Å². The summed E-state index contributed by atoms with van der Waals surface area (Å²) in [6.07, 6.45) is 1.68. The summed E-state index contributed by atoms with van der Waals surface area (Å²) in [6.45, 7) is 0.740. The van der Waals surface area contributed by atoms with Gasteiger partial charge in [0.15, 0.2) is 5.65 Å². The van der Waals surface area contributed by atoms with Crippen LogP contribution in [0.4, 0.5) is 11.5 Å². The highest BCUT2D eigenvalue weighted by Crippen LogP contribution is 2.27. The highest BCUT2D eigenvalue weighted by molar-refractivity contribution is 6.10. The van der Waals surface area contributed by atoms with Crippen molar-refractivity contribution < 1.29 is 9.53 Å². The third kappa shape index (κ3) is 4.10. The molecule has 0 spiro atoms. The van der Waals surface area contributed by atoms with E-state index in [2.05, 4.69) is 20.4 Å². The predicted octanol–water partition coefficient (Wildman–Crippen LogP) is 2.49. The van der Waals surface area contributed by atoms with Gasteiger partial charge in [-0.25, -0.2) is 9.97 Å². The van der Waals surface area contributed by atoms with Crippen LogP contribution in [-0.4, -0.2) is 61.1 Å². The van der Waals surface area contributed by atoms with Gasteiger partial charge in [-0.2, -0.15) is 9.78 Å². The van der Waals surface area contributed by atoms with Gasteiger partial charge in [0.1, 0.15) is 16.9 Å². The molecule has 0 radical (unpaired) electrons. The first-order valence-corrected chi connectivity index (χ1v) is 10.1. The lowest BCUT2D eigenvalue weighted by molar-refractivity contribution is 0.0939. The van der Waals surface area contributed by atoms with Crippen LogP contribution in [0.5, 0.6) is 0 Å². The number of rotatable bonds is 7. The second kappa shape index (κ2) is 9.03. The molecule has 0 fully saturated rings. The number of anilines is 2. The van der Waals surface area contributed by atoms with E-state index in [4.69, 9.17) is 10.5 Å². The number of nitrogens with zero attached hydrogens (tertiary/aromatic N) is 5. The molecule has 2 aromatic carbocycles.